The van der Waals surface area contributed by atoms with Gasteiger partial charge in [0.05, 0.1) is 5.69 Å². The van der Waals surface area contributed by atoms with Crippen LogP contribution in [0.3, 0.4) is 0 Å². The van der Waals surface area contributed by atoms with Crippen molar-refractivity contribution in [3.8, 4) is 5.95 Å². The van der Waals surface area contributed by atoms with Crippen molar-refractivity contribution >= 4 is 0 Å². The Morgan fingerprint density at radius 1 is 1.05 bits per heavy atom. The highest BCUT2D eigenvalue weighted by Gasteiger charge is 2.15. The molecule has 0 saturated heterocycles. The third kappa shape index (κ3) is 2.83. The average molecular weight is 258 g/mol. The third-order valence-electron chi connectivity index (χ3n) is 3.21. The first-order valence-corrected chi connectivity index (χ1v) is 6.76. The quantitative estimate of drug-likeness (QED) is 0.849. The fourth-order valence-electron chi connectivity index (χ4n) is 2.38. The fourth-order valence-corrected chi connectivity index (χ4v) is 2.38. The van der Waals surface area contributed by atoms with Gasteiger partial charge in [-0.2, -0.15) is 5.10 Å². The molecular formula is C15H22N4. The molecule has 0 aliphatic carbocycles. The van der Waals surface area contributed by atoms with Gasteiger partial charge in [0.1, 0.15) is 0 Å². The van der Waals surface area contributed by atoms with Gasteiger partial charge in [0.2, 0.25) is 0 Å². The summed E-state index contributed by atoms with van der Waals surface area (Å²) < 4.78 is 1.87. The molecule has 0 aliphatic heterocycles. The summed E-state index contributed by atoms with van der Waals surface area (Å²) in [7, 11) is 0. The van der Waals surface area contributed by atoms with Crippen LogP contribution >= 0.6 is 0 Å². The van der Waals surface area contributed by atoms with E-state index in [2.05, 4.69) is 42.8 Å². The molecule has 0 bridgehead atoms. The van der Waals surface area contributed by atoms with Gasteiger partial charge in [0, 0.05) is 17.1 Å². The molecule has 0 aromatic carbocycles. The fraction of sp³-hybridized carbons (Fsp3) is 0.533. The molecule has 4 heteroatoms. The number of hydrogen-bond acceptors (Lipinski definition) is 3. The molecule has 0 fully saturated rings. The Hall–Kier alpha value is -1.71. The van der Waals surface area contributed by atoms with Crippen LogP contribution in [-0.4, -0.2) is 19.7 Å². The molecule has 0 amide bonds. The van der Waals surface area contributed by atoms with Gasteiger partial charge in [-0.15, -0.1) is 0 Å². The van der Waals surface area contributed by atoms with Crippen LogP contribution in [0.25, 0.3) is 5.95 Å². The standard InChI is InChI=1S/C15H22N4/c1-9(2)7-14-12(5)18-19(13(14)6)15-16-10(3)8-11(4)17-15/h8-9H,7H2,1-6H3. The summed E-state index contributed by atoms with van der Waals surface area (Å²) in [5.41, 5.74) is 5.49. The zero-order valence-electron chi connectivity index (χ0n) is 12.7. The molecule has 2 rings (SSSR count). The van der Waals surface area contributed by atoms with E-state index in [0.717, 1.165) is 29.2 Å². The summed E-state index contributed by atoms with van der Waals surface area (Å²) in [6.07, 6.45) is 1.04. The number of aryl methyl sites for hydroxylation is 3. The third-order valence-corrected chi connectivity index (χ3v) is 3.21. The van der Waals surface area contributed by atoms with Gasteiger partial charge in [-0.1, -0.05) is 13.8 Å². The van der Waals surface area contributed by atoms with Crippen molar-refractivity contribution in [2.45, 2.75) is 48.0 Å². The van der Waals surface area contributed by atoms with E-state index in [4.69, 9.17) is 0 Å². The van der Waals surface area contributed by atoms with Gasteiger partial charge in [0.15, 0.2) is 0 Å². The van der Waals surface area contributed by atoms with E-state index in [0.29, 0.717) is 11.9 Å². The highest BCUT2D eigenvalue weighted by molar-refractivity contribution is 5.30. The van der Waals surface area contributed by atoms with E-state index in [9.17, 15) is 0 Å². The summed E-state index contributed by atoms with van der Waals surface area (Å²) in [6, 6.07) is 1.98. The molecule has 0 spiro atoms. The molecule has 0 atom stereocenters. The number of hydrogen-bond donors (Lipinski definition) is 0. The van der Waals surface area contributed by atoms with E-state index in [1.807, 2.05) is 24.6 Å². The van der Waals surface area contributed by atoms with E-state index in [1.54, 1.807) is 0 Å². The molecule has 0 radical (unpaired) electrons. The molecule has 4 nitrogen and oxygen atoms in total. The Morgan fingerprint density at radius 3 is 2.16 bits per heavy atom. The second-order valence-electron chi connectivity index (χ2n) is 5.61. The van der Waals surface area contributed by atoms with Crippen LogP contribution in [-0.2, 0) is 6.42 Å². The molecule has 2 aromatic rings. The maximum atomic E-state index is 4.61. The van der Waals surface area contributed by atoms with Crippen molar-refractivity contribution in [2.75, 3.05) is 0 Å². The molecule has 0 saturated carbocycles. The van der Waals surface area contributed by atoms with Crippen LogP contribution in [0.5, 0.6) is 0 Å². The maximum absolute atomic E-state index is 4.61. The lowest BCUT2D eigenvalue weighted by Crippen LogP contribution is -2.07. The minimum atomic E-state index is 0.621. The van der Waals surface area contributed by atoms with Gasteiger partial charge in [-0.05, 0) is 51.7 Å². The largest absolute Gasteiger partial charge is 0.251 e. The lowest BCUT2D eigenvalue weighted by Gasteiger charge is -2.07. The molecule has 102 valence electrons. The lowest BCUT2D eigenvalue weighted by atomic mass is 10.0. The summed E-state index contributed by atoms with van der Waals surface area (Å²) in [5, 5.41) is 4.61. The average Bonchev–Trinajstić information content (AvgIpc) is 2.55. The zero-order valence-corrected chi connectivity index (χ0v) is 12.7. The Kier molecular flexibility index (Phi) is 3.69. The van der Waals surface area contributed by atoms with Crippen molar-refractivity contribution < 1.29 is 0 Å². The second kappa shape index (κ2) is 5.11. The van der Waals surface area contributed by atoms with E-state index in [1.165, 1.54) is 5.56 Å². The van der Waals surface area contributed by atoms with E-state index in [-0.39, 0.29) is 0 Å². The van der Waals surface area contributed by atoms with Crippen LogP contribution in [0.1, 0.15) is 42.2 Å². The topological polar surface area (TPSA) is 43.6 Å². The smallest absolute Gasteiger partial charge is 0.216 e. The predicted molar refractivity (Wildman–Crippen MR) is 76.6 cm³/mol. The van der Waals surface area contributed by atoms with E-state index >= 15 is 0 Å². The highest BCUT2D eigenvalue weighted by Crippen LogP contribution is 2.19. The Labute approximate surface area is 114 Å². The van der Waals surface area contributed by atoms with Gasteiger partial charge in [-0.25, -0.2) is 14.6 Å². The minimum Gasteiger partial charge on any atom is -0.216 e. The molecule has 0 unspecified atom stereocenters. The zero-order chi connectivity index (χ0) is 14.2. The van der Waals surface area contributed by atoms with Gasteiger partial charge in [0.25, 0.3) is 5.95 Å². The van der Waals surface area contributed by atoms with Crippen molar-refractivity contribution in [2.24, 2.45) is 5.92 Å². The van der Waals surface area contributed by atoms with Crippen LogP contribution in [0.2, 0.25) is 0 Å². The molecule has 19 heavy (non-hydrogen) atoms. The SMILES string of the molecule is Cc1cc(C)nc(-n2nc(C)c(CC(C)C)c2C)n1. The van der Waals surface area contributed by atoms with Gasteiger partial charge >= 0.3 is 0 Å². The molecule has 0 N–H and O–H groups in total. The van der Waals surface area contributed by atoms with Crippen LogP contribution in [0.4, 0.5) is 0 Å². The highest BCUT2D eigenvalue weighted by atomic mass is 15.4. The minimum absolute atomic E-state index is 0.621. The molecular weight excluding hydrogens is 236 g/mol. The second-order valence-corrected chi connectivity index (χ2v) is 5.61. The Balaban J connectivity index is 2.51. The number of rotatable bonds is 3. The van der Waals surface area contributed by atoms with E-state index < -0.39 is 0 Å². The first-order chi connectivity index (χ1) is 8.88. The predicted octanol–water partition coefficient (Wildman–Crippen LogP) is 3.09. The summed E-state index contributed by atoms with van der Waals surface area (Å²) in [5.74, 6) is 1.29. The van der Waals surface area contributed by atoms with Gasteiger partial charge in [-0.3, -0.25) is 0 Å². The van der Waals surface area contributed by atoms with Gasteiger partial charge < -0.3 is 0 Å². The van der Waals surface area contributed by atoms with Crippen molar-refractivity contribution in [3.63, 3.8) is 0 Å². The number of aromatic nitrogens is 4. The number of nitrogens with zero attached hydrogens (tertiary/aromatic N) is 4. The summed E-state index contributed by atoms with van der Waals surface area (Å²) in [6.45, 7) is 12.6. The Bertz CT molecular complexity index is 576. The normalized spacial score (nSPS) is 11.3. The Morgan fingerprint density at radius 2 is 1.63 bits per heavy atom. The van der Waals surface area contributed by atoms with Crippen molar-refractivity contribution in [3.05, 3.63) is 34.4 Å². The maximum Gasteiger partial charge on any atom is 0.251 e. The van der Waals surface area contributed by atoms with Crippen LogP contribution in [0.15, 0.2) is 6.07 Å². The molecule has 2 aromatic heterocycles. The molecule has 0 aliphatic rings. The van der Waals surface area contributed by atoms with Crippen molar-refractivity contribution in [1.82, 2.24) is 19.7 Å². The molecule has 2 heterocycles. The van der Waals surface area contributed by atoms with Crippen LogP contribution in [0, 0.1) is 33.6 Å². The van der Waals surface area contributed by atoms with Crippen LogP contribution < -0.4 is 0 Å². The van der Waals surface area contributed by atoms with Crippen molar-refractivity contribution in [1.29, 1.82) is 0 Å². The summed E-state index contributed by atoms with van der Waals surface area (Å²) >= 11 is 0. The first kappa shape index (κ1) is 13.7. The first-order valence-electron chi connectivity index (χ1n) is 6.76. The monoisotopic (exact) mass is 258 g/mol. The lowest BCUT2D eigenvalue weighted by molar-refractivity contribution is 0.641. The summed E-state index contributed by atoms with van der Waals surface area (Å²) in [4.78, 5) is 8.98.